The fraction of sp³-hybridized carbons (Fsp3) is 0.286. The van der Waals surface area contributed by atoms with Crippen molar-refractivity contribution in [1.82, 2.24) is 9.10 Å². The molecule has 6 nitrogen and oxygen atoms in total. The lowest BCUT2D eigenvalue weighted by atomic mass is 10.1. The Balaban J connectivity index is 1.78. The number of sulfonamides is 1. The van der Waals surface area contributed by atoms with E-state index in [1.807, 2.05) is 0 Å². The average Bonchev–Trinajstić information content (AvgIpc) is 3.13. The number of benzene rings is 1. The van der Waals surface area contributed by atoms with Crippen molar-refractivity contribution in [3.05, 3.63) is 46.5 Å². The maximum atomic E-state index is 12.3. The van der Waals surface area contributed by atoms with Crippen LogP contribution in [0, 0.1) is 5.92 Å². The fourth-order valence-corrected chi connectivity index (χ4v) is 4.11. The highest BCUT2D eigenvalue weighted by Gasteiger charge is 2.28. The minimum atomic E-state index is -3.63. The number of carbonyl (C=O) groups is 1. The molecule has 1 heterocycles. The van der Waals surface area contributed by atoms with E-state index in [4.69, 9.17) is 5.11 Å². The van der Waals surface area contributed by atoms with Crippen LogP contribution >= 0.6 is 11.5 Å². The Kier molecular flexibility index (Phi) is 3.98. The molecule has 2 aromatic rings. The minimum absolute atomic E-state index is 0.140. The highest BCUT2D eigenvalue weighted by Crippen LogP contribution is 2.29. The molecule has 1 aromatic heterocycles. The SMILES string of the molecule is O=C(O)C1Cc2ccc(S(=O)(=O)NCc3ccsn3)cc2C1. The van der Waals surface area contributed by atoms with E-state index in [0.717, 1.165) is 11.1 Å². The van der Waals surface area contributed by atoms with Crippen molar-refractivity contribution < 1.29 is 18.3 Å². The molecular formula is C14H14N2O4S2. The van der Waals surface area contributed by atoms with Crippen molar-refractivity contribution in [1.29, 1.82) is 0 Å². The van der Waals surface area contributed by atoms with Crippen LogP contribution in [-0.2, 0) is 34.2 Å². The van der Waals surface area contributed by atoms with Crippen LogP contribution in [0.3, 0.4) is 0 Å². The lowest BCUT2D eigenvalue weighted by Gasteiger charge is -2.07. The number of rotatable bonds is 5. The van der Waals surface area contributed by atoms with E-state index in [1.165, 1.54) is 17.6 Å². The third-order valence-corrected chi connectivity index (χ3v) is 5.70. The van der Waals surface area contributed by atoms with Crippen LogP contribution < -0.4 is 4.72 Å². The Morgan fingerprint density at radius 1 is 1.32 bits per heavy atom. The van der Waals surface area contributed by atoms with Crippen LogP contribution in [0.25, 0.3) is 0 Å². The summed E-state index contributed by atoms with van der Waals surface area (Å²) >= 11 is 1.26. The van der Waals surface area contributed by atoms with Crippen LogP contribution in [0.15, 0.2) is 34.5 Å². The van der Waals surface area contributed by atoms with E-state index in [2.05, 4.69) is 9.10 Å². The molecule has 1 unspecified atom stereocenters. The highest BCUT2D eigenvalue weighted by atomic mass is 32.2. The molecule has 22 heavy (non-hydrogen) atoms. The van der Waals surface area contributed by atoms with E-state index >= 15 is 0 Å². The maximum Gasteiger partial charge on any atom is 0.307 e. The number of carboxylic acid groups (broad SMARTS) is 1. The summed E-state index contributed by atoms with van der Waals surface area (Å²) in [5, 5.41) is 10.9. The Morgan fingerprint density at radius 2 is 2.09 bits per heavy atom. The smallest absolute Gasteiger partial charge is 0.307 e. The van der Waals surface area contributed by atoms with E-state index in [1.54, 1.807) is 23.6 Å². The summed E-state index contributed by atoms with van der Waals surface area (Å²) in [6.07, 6.45) is 0.831. The zero-order chi connectivity index (χ0) is 15.7. The standard InChI is InChI=1S/C14H14N2O4S2/c17-14(18)11-5-9-1-2-13(7-10(9)6-11)22(19,20)15-8-12-3-4-21-16-12/h1-4,7,11,15H,5-6,8H2,(H,17,18). The molecule has 0 aliphatic heterocycles. The van der Waals surface area contributed by atoms with Gasteiger partial charge in [-0.2, -0.15) is 4.37 Å². The summed E-state index contributed by atoms with van der Waals surface area (Å²) in [6, 6.07) is 6.55. The third kappa shape index (κ3) is 3.03. The molecule has 0 amide bonds. The van der Waals surface area contributed by atoms with Crippen LogP contribution in [0.5, 0.6) is 0 Å². The molecule has 3 rings (SSSR count). The minimum Gasteiger partial charge on any atom is -0.481 e. The van der Waals surface area contributed by atoms with Crippen molar-refractivity contribution in [2.45, 2.75) is 24.3 Å². The number of fused-ring (bicyclic) bond motifs is 1. The topological polar surface area (TPSA) is 96.4 Å². The number of nitrogens with one attached hydrogen (secondary N) is 1. The van der Waals surface area contributed by atoms with Crippen molar-refractivity contribution in [3.63, 3.8) is 0 Å². The van der Waals surface area contributed by atoms with Crippen LogP contribution in [0.4, 0.5) is 0 Å². The summed E-state index contributed by atoms with van der Waals surface area (Å²) in [4.78, 5) is 11.2. The molecule has 116 valence electrons. The normalized spacial score (nSPS) is 17.4. The van der Waals surface area contributed by atoms with Gasteiger partial charge in [0.25, 0.3) is 0 Å². The molecular weight excluding hydrogens is 324 g/mol. The first-order valence-corrected chi connectivity index (χ1v) is 9.01. The molecule has 0 saturated carbocycles. The quantitative estimate of drug-likeness (QED) is 0.859. The number of nitrogens with zero attached hydrogens (tertiary/aromatic N) is 1. The zero-order valence-electron chi connectivity index (χ0n) is 11.5. The van der Waals surface area contributed by atoms with Gasteiger partial charge in [0.1, 0.15) is 0 Å². The number of hydrogen-bond acceptors (Lipinski definition) is 5. The molecule has 1 aliphatic rings. The summed E-state index contributed by atoms with van der Waals surface area (Å²) < 4.78 is 31.1. The predicted molar refractivity (Wildman–Crippen MR) is 81.1 cm³/mol. The Hall–Kier alpha value is -1.77. The molecule has 8 heteroatoms. The van der Waals surface area contributed by atoms with Gasteiger partial charge in [0.15, 0.2) is 0 Å². The van der Waals surface area contributed by atoms with Crippen LogP contribution in [0.2, 0.25) is 0 Å². The Bertz CT molecular complexity index is 800. The van der Waals surface area contributed by atoms with Gasteiger partial charge in [0.2, 0.25) is 10.0 Å². The van der Waals surface area contributed by atoms with Crippen molar-refractivity contribution in [2.24, 2.45) is 5.92 Å². The first-order valence-electron chi connectivity index (χ1n) is 6.69. The fourth-order valence-electron chi connectivity index (χ4n) is 2.52. The second-order valence-corrected chi connectivity index (χ2v) is 7.62. The number of aliphatic carboxylic acids is 1. The van der Waals surface area contributed by atoms with Crippen molar-refractivity contribution in [2.75, 3.05) is 0 Å². The number of carboxylic acids is 1. The van der Waals surface area contributed by atoms with Gasteiger partial charge in [-0.05, 0) is 53.7 Å². The average molecular weight is 338 g/mol. The van der Waals surface area contributed by atoms with Gasteiger partial charge >= 0.3 is 5.97 Å². The molecule has 1 atom stereocenters. The zero-order valence-corrected chi connectivity index (χ0v) is 13.2. The van der Waals surface area contributed by atoms with Gasteiger partial charge in [-0.15, -0.1) is 0 Å². The van der Waals surface area contributed by atoms with Crippen LogP contribution in [-0.4, -0.2) is 23.9 Å². The first-order chi connectivity index (χ1) is 10.5. The van der Waals surface area contributed by atoms with Gasteiger partial charge in [-0.1, -0.05) is 6.07 Å². The van der Waals surface area contributed by atoms with E-state index in [9.17, 15) is 13.2 Å². The van der Waals surface area contributed by atoms with E-state index in [0.29, 0.717) is 18.5 Å². The van der Waals surface area contributed by atoms with E-state index < -0.39 is 21.9 Å². The first kappa shape index (κ1) is 15.1. The second-order valence-electron chi connectivity index (χ2n) is 5.19. The van der Waals surface area contributed by atoms with Gasteiger partial charge in [-0.3, -0.25) is 4.79 Å². The molecule has 0 bridgehead atoms. The molecule has 0 fully saturated rings. The molecule has 0 spiro atoms. The lowest BCUT2D eigenvalue weighted by Crippen LogP contribution is -2.23. The Labute approximate surface area is 132 Å². The summed E-state index contributed by atoms with van der Waals surface area (Å²) in [5.74, 6) is -1.31. The van der Waals surface area contributed by atoms with Gasteiger partial charge in [0, 0.05) is 5.38 Å². The molecule has 1 aromatic carbocycles. The lowest BCUT2D eigenvalue weighted by molar-refractivity contribution is -0.141. The van der Waals surface area contributed by atoms with E-state index in [-0.39, 0.29) is 11.4 Å². The number of aromatic nitrogens is 1. The molecule has 0 radical (unpaired) electrons. The largest absolute Gasteiger partial charge is 0.481 e. The third-order valence-electron chi connectivity index (χ3n) is 3.70. The van der Waals surface area contributed by atoms with Crippen molar-refractivity contribution in [3.8, 4) is 0 Å². The molecule has 0 saturated heterocycles. The van der Waals surface area contributed by atoms with Gasteiger partial charge in [-0.25, -0.2) is 13.1 Å². The highest BCUT2D eigenvalue weighted by molar-refractivity contribution is 7.89. The Morgan fingerprint density at radius 3 is 2.77 bits per heavy atom. The van der Waals surface area contributed by atoms with Gasteiger partial charge < -0.3 is 5.11 Å². The summed E-state index contributed by atoms with van der Waals surface area (Å²) in [6.45, 7) is 0.140. The van der Waals surface area contributed by atoms with Crippen molar-refractivity contribution >= 4 is 27.5 Å². The molecule has 1 aliphatic carbocycles. The second kappa shape index (κ2) is 5.79. The monoisotopic (exact) mass is 338 g/mol. The number of hydrogen-bond donors (Lipinski definition) is 2. The maximum absolute atomic E-state index is 12.3. The van der Waals surface area contributed by atoms with Gasteiger partial charge in [0.05, 0.1) is 23.1 Å². The predicted octanol–water partition coefficient (Wildman–Crippen LogP) is 1.42. The summed E-state index contributed by atoms with van der Waals surface area (Å²) in [7, 11) is -3.63. The van der Waals surface area contributed by atoms with Crippen LogP contribution in [0.1, 0.15) is 16.8 Å². The molecule has 2 N–H and O–H groups in total. The summed E-state index contributed by atoms with van der Waals surface area (Å²) in [5.41, 5.74) is 2.37.